The fourth-order valence-corrected chi connectivity index (χ4v) is 6.20. The molecule has 0 aromatic carbocycles. The molecule has 40 heavy (non-hydrogen) atoms. The van der Waals surface area contributed by atoms with E-state index in [-0.39, 0.29) is 36.5 Å². The van der Waals surface area contributed by atoms with E-state index in [9.17, 15) is 9.59 Å². The molecule has 2 N–H and O–H groups in total. The zero-order chi connectivity index (χ0) is 27.9. The van der Waals surface area contributed by atoms with Crippen molar-refractivity contribution in [3.8, 4) is 12.1 Å². The van der Waals surface area contributed by atoms with E-state index in [0.717, 1.165) is 35.7 Å². The van der Waals surface area contributed by atoms with Crippen LogP contribution in [0.25, 0.3) is 0 Å². The normalized spacial score (nSPS) is 16.4. The van der Waals surface area contributed by atoms with Crippen LogP contribution in [0.3, 0.4) is 0 Å². The Morgan fingerprint density at radius 3 is 1.65 bits per heavy atom. The van der Waals surface area contributed by atoms with Crippen molar-refractivity contribution in [2.45, 2.75) is 50.4 Å². The molecular weight excluding hydrogens is 548 g/mol. The first-order chi connectivity index (χ1) is 19.5. The predicted molar refractivity (Wildman–Crippen MR) is 146 cm³/mol. The lowest BCUT2D eigenvalue weighted by atomic mass is 9.82. The van der Waals surface area contributed by atoms with Gasteiger partial charge in [-0.2, -0.15) is 10.5 Å². The highest BCUT2D eigenvalue weighted by Gasteiger charge is 2.29. The van der Waals surface area contributed by atoms with Gasteiger partial charge in [0.1, 0.15) is 22.2 Å². The van der Waals surface area contributed by atoms with Gasteiger partial charge in [-0.1, -0.05) is 29.1 Å². The molecule has 4 heterocycles. The van der Waals surface area contributed by atoms with Crippen LogP contribution in [0, 0.1) is 22.7 Å². The fraction of sp³-hybridized carbons (Fsp3) is 0.308. The highest BCUT2D eigenvalue weighted by atomic mass is 32.1. The van der Waals surface area contributed by atoms with Crippen LogP contribution >= 0.6 is 22.7 Å². The van der Waals surface area contributed by atoms with E-state index in [2.05, 4.69) is 41.0 Å². The number of hydrogen-bond acceptors (Lipinski definition) is 12. The summed E-state index contributed by atoms with van der Waals surface area (Å²) in [6.45, 7) is 0. The van der Waals surface area contributed by atoms with E-state index in [4.69, 9.17) is 10.5 Å². The molecule has 0 aliphatic heterocycles. The largest absolute Gasteiger partial charge is 0.300 e. The Bertz CT molecular complexity index is 1470. The number of amides is 2. The van der Waals surface area contributed by atoms with Crippen molar-refractivity contribution >= 4 is 44.8 Å². The number of carbonyl (C=O) groups is 2. The number of carbonyl (C=O) groups excluding carboxylic acids is 2. The maximum atomic E-state index is 12.4. The van der Waals surface area contributed by atoms with Crippen molar-refractivity contribution < 1.29 is 9.59 Å². The molecule has 2 amide bonds. The molecule has 0 radical (unpaired) electrons. The van der Waals surface area contributed by atoms with E-state index in [1.165, 1.54) is 35.1 Å². The Labute approximate surface area is 237 Å². The second-order valence-electron chi connectivity index (χ2n) is 9.20. The summed E-state index contributed by atoms with van der Waals surface area (Å²) in [4.78, 5) is 33.1. The van der Waals surface area contributed by atoms with Gasteiger partial charge in [-0.25, -0.2) is 0 Å². The molecule has 12 nitrogen and oxygen atoms in total. The second kappa shape index (κ2) is 12.5. The van der Waals surface area contributed by atoms with Crippen LogP contribution in [-0.4, -0.2) is 42.2 Å². The third kappa shape index (κ3) is 6.85. The van der Waals surface area contributed by atoms with Gasteiger partial charge in [-0.05, 0) is 43.5 Å². The third-order valence-electron chi connectivity index (χ3n) is 6.34. The van der Waals surface area contributed by atoms with Crippen LogP contribution < -0.4 is 10.6 Å². The number of rotatable bonds is 8. The van der Waals surface area contributed by atoms with Crippen molar-refractivity contribution in [3.63, 3.8) is 0 Å². The molecule has 1 saturated carbocycles. The minimum atomic E-state index is -0.250. The maximum Gasteiger partial charge on any atom is 0.232 e. The van der Waals surface area contributed by atoms with Gasteiger partial charge in [0.2, 0.25) is 22.1 Å². The Morgan fingerprint density at radius 1 is 0.775 bits per heavy atom. The van der Waals surface area contributed by atoms with E-state index in [0.29, 0.717) is 32.8 Å². The van der Waals surface area contributed by atoms with E-state index in [1.807, 2.05) is 12.1 Å². The summed E-state index contributed by atoms with van der Waals surface area (Å²) in [5, 5.41) is 42.9. The predicted octanol–water partition coefficient (Wildman–Crippen LogP) is 3.73. The molecule has 4 aromatic heterocycles. The van der Waals surface area contributed by atoms with Crippen molar-refractivity contribution in [1.82, 2.24) is 30.4 Å². The number of anilines is 2. The third-order valence-corrected chi connectivity index (χ3v) is 8.34. The topological polar surface area (TPSA) is 183 Å². The van der Waals surface area contributed by atoms with E-state index < -0.39 is 0 Å². The van der Waals surface area contributed by atoms with Crippen LogP contribution in [0.5, 0.6) is 0 Å². The van der Waals surface area contributed by atoms with Crippen molar-refractivity contribution in [2.24, 2.45) is 0 Å². The van der Waals surface area contributed by atoms with Gasteiger partial charge < -0.3 is 10.6 Å². The van der Waals surface area contributed by atoms with Gasteiger partial charge >= 0.3 is 0 Å². The molecule has 4 aromatic rings. The summed E-state index contributed by atoms with van der Waals surface area (Å²) in [6.07, 6.45) is 6.78. The molecule has 1 aliphatic carbocycles. The second-order valence-corrected chi connectivity index (χ2v) is 11.2. The molecule has 1 fully saturated rings. The Hall–Kier alpha value is -4.66. The van der Waals surface area contributed by atoms with Crippen LogP contribution in [0.15, 0.2) is 36.7 Å². The summed E-state index contributed by atoms with van der Waals surface area (Å²) in [5.74, 6) is -0.127. The first kappa shape index (κ1) is 26.9. The molecule has 0 saturated heterocycles. The summed E-state index contributed by atoms with van der Waals surface area (Å²) >= 11 is 2.73. The fourth-order valence-electron chi connectivity index (χ4n) is 4.38. The average Bonchev–Trinajstić information content (AvgIpc) is 3.64. The van der Waals surface area contributed by atoms with Crippen LogP contribution in [0.1, 0.15) is 70.0 Å². The highest BCUT2D eigenvalue weighted by molar-refractivity contribution is 7.15. The highest BCUT2D eigenvalue weighted by Crippen LogP contribution is 2.43. The SMILES string of the molecule is N#Cc1ccc(CC(=O)Nc2nnc([C@H]3CCC[C@H](c4nnc(NC(=O)Cc5ccc(C#N)cn5)s4)C3)s2)nc1. The Morgan fingerprint density at radius 2 is 1.25 bits per heavy atom. The molecular formula is C26H22N10O2S2. The lowest BCUT2D eigenvalue weighted by molar-refractivity contribution is -0.116. The standard InChI is InChI=1S/C26H22N10O2S2/c27-11-15-4-6-19(29-13-15)9-21(37)31-25-35-33-23(39-25)17-2-1-3-18(8-17)24-34-36-26(40-24)32-22(38)10-20-7-5-16(12-28)14-30-20/h4-7,13-14,17-18H,1-3,8-10H2,(H,31,35,37)(H,32,36,38)/t17-,18-/m0/s1. The number of aromatic nitrogens is 6. The first-order valence-corrected chi connectivity index (χ1v) is 14.1. The van der Waals surface area contributed by atoms with Crippen LogP contribution in [0.4, 0.5) is 10.3 Å². The summed E-state index contributed by atoms with van der Waals surface area (Å²) in [6, 6.07) is 10.6. The maximum absolute atomic E-state index is 12.4. The van der Waals surface area contributed by atoms with Gasteiger partial charge in [0, 0.05) is 35.6 Å². The first-order valence-electron chi connectivity index (χ1n) is 12.5. The molecule has 0 spiro atoms. The zero-order valence-corrected chi connectivity index (χ0v) is 22.7. The van der Waals surface area contributed by atoms with Crippen LogP contribution in [0.2, 0.25) is 0 Å². The average molecular weight is 571 g/mol. The Kier molecular flexibility index (Phi) is 8.39. The quantitative estimate of drug-likeness (QED) is 0.316. The number of hydrogen-bond donors (Lipinski definition) is 2. The summed E-state index contributed by atoms with van der Waals surface area (Å²) in [5.41, 5.74) is 2.01. The van der Waals surface area contributed by atoms with E-state index in [1.54, 1.807) is 24.3 Å². The molecule has 14 heteroatoms. The van der Waals surface area contributed by atoms with Crippen LogP contribution in [-0.2, 0) is 22.4 Å². The van der Waals surface area contributed by atoms with Gasteiger partial charge in [-0.15, -0.1) is 20.4 Å². The molecule has 1 aliphatic rings. The van der Waals surface area contributed by atoms with Gasteiger partial charge in [-0.3, -0.25) is 19.6 Å². The van der Waals surface area contributed by atoms with Crippen molar-refractivity contribution in [2.75, 3.05) is 10.6 Å². The van der Waals surface area contributed by atoms with E-state index >= 15 is 0 Å². The smallest absolute Gasteiger partial charge is 0.232 e. The van der Waals surface area contributed by atoms with Crippen molar-refractivity contribution in [3.05, 3.63) is 69.2 Å². The minimum absolute atomic E-state index is 0.0754. The molecule has 5 rings (SSSR count). The lowest BCUT2D eigenvalue weighted by Crippen LogP contribution is -2.15. The minimum Gasteiger partial charge on any atom is -0.300 e. The molecule has 0 unspecified atom stereocenters. The molecule has 200 valence electrons. The van der Waals surface area contributed by atoms with Gasteiger partial charge in [0.25, 0.3) is 0 Å². The monoisotopic (exact) mass is 570 g/mol. The van der Waals surface area contributed by atoms with Gasteiger partial charge in [0.15, 0.2) is 0 Å². The lowest BCUT2D eigenvalue weighted by Gasteiger charge is -2.25. The molecule has 0 bridgehead atoms. The molecule has 2 atom stereocenters. The summed E-state index contributed by atoms with van der Waals surface area (Å²) < 4.78 is 0. The Balaban J connectivity index is 1.14. The number of nitrogens with one attached hydrogen (secondary N) is 2. The number of nitrogens with zero attached hydrogens (tertiary/aromatic N) is 8. The zero-order valence-electron chi connectivity index (χ0n) is 21.1. The number of nitriles is 2. The number of pyridine rings is 2. The van der Waals surface area contributed by atoms with Crippen molar-refractivity contribution in [1.29, 1.82) is 10.5 Å². The summed E-state index contributed by atoms with van der Waals surface area (Å²) in [7, 11) is 0. The van der Waals surface area contributed by atoms with Gasteiger partial charge in [0.05, 0.1) is 24.0 Å².